The Labute approximate surface area is 123 Å². The van der Waals surface area contributed by atoms with Gasteiger partial charge in [0.05, 0.1) is 0 Å². The van der Waals surface area contributed by atoms with E-state index in [0.717, 1.165) is 36.0 Å². The molecule has 0 heterocycles. The Balaban J connectivity index is 1.94. The Bertz CT molecular complexity index is 721. The quantitative estimate of drug-likeness (QED) is 0.786. The lowest BCUT2D eigenvalue weighted by Gasteiger charge is -2.42. The molecule has 3 aliphatic rings. The fraction of sp³-hybridized carbons (Fsp3) is 0.263. The van der Waals surface area contributed by atoms with E-state index >= 15 is 0 Å². The lowest BCUT2D eigenvalue weighted by Crippen LogP contribution is -2.36. The maximum Gasteiger partial charge on any atom is 0.178 e. The molecule has 104 valence electrons. The van der Waals surface area contributed by atoms with Gasteiger partial charge >= 0.3 is 0 Å². The summed E-state index contributed by atoms with van der Waals surface area (Å²) in [6, 6.07) is 10.1. The molecule has 0 aromatic heterocycles. The predicted molar refractivity (Wildman–Crippen MR) is 81.4 cm³/mol. The Kier molecular flexibility index (Phi) is 2.61. The third-order valence-electron chi connectivity index (χ3n) is 5.01. The monoisotopic (exact) mass is 276 g/mol. The standard InChI is InChI=1S/C19H16O2/c20-15-9-10-19-14(11-15)7-4-8-16(19)18(21)12-17(19)13-5-2-1-3-6-13/h1-3,5-6,9-12,16H,4,7-8H2/t16-,19-/m1/s1. The van der Waals surface area contributed by atoms with Crippen molar-refractivity contribution in [3.63, 3.8) is 0 Å². The van der Waals surface area contributed by atoms with Gasteiger partial charge in [0.1, 0.15) is 0 Å². The molecule has 1 aromatic carbocycles. The second-order valence-corrected chi connectivity index (χ2v) is 6.05. The summed E-state index contributed by atoms with van der Waals surface area (Å²) in [7, 11) is 0. The molecule has 0 bridgehead atoms. The van der Waals surface area contributed by atoms with Crippen LogP contribution in [0.4, 0.5) is 0 Å². The summed E-state index contributed by atoms with van der Waals surface area (Å²) in [5, 5.41) is 0. The van der Waals surface area contributed by atoms with E-state index in [1.54, 1.807) is 18.2 Å². The highest BCUT2D eigenvalue weighted by Gasteiger charge is 2.53. The molecule has 4 rings (SSSR count). The van der Waals surface area contributed by atoms with E-state index in [4.69, 9.17) is 0 Å². The van der Waals surface area contributed by atoms with E-state index in [2.05, 4.69) is 0 Å². The van der Waals surface area contributed by atoms with Gasteiger partial charge in [-0.15, -0.1) is 0 Å². The zero-order valence-corrected chi connectivity index (χ0v) is 11.7. The van der Waals surface area contributed by atoms with Crippen LogP contribution in [0.3, 0.4) is 0 Å². The highest BCUT2D eigenvalue weighted by Crippen LogP contribution is 2.59. The second-order valence-electron chi connectivity index (χ2n) is 6.05. The average molecular weight is 276 g/mol. The highest BCUT2D eigenvalue weighted by molar-refractivity contribution is 6.11. The fourth-order valence-electron chi connectivity index (χ4n) is 4.12. The lowest BCUT2D eigenvalue weighted by molar-refractivity contribution is -0.119. The first-order chi connectivity index (χ1) is 10.2. The summed E-state index contributed by atoms with van der Waals surface area (Å²) in [6.45, 7) is 0. The number of hydrogen-bond donors (Lipinski definition) is 0. The van der Waals surface area contributed by atoms with Gasteiger partial charge in [-0.3, -0.25) is 9.59 Å². The number of benzene rings is 1. The molecule has 1 fully saturated rings. The Hall–Kier alpha value is -2.22. The third kappa shape index (κ3) is 1.65. The molecule has 0 radical (unpaired) electrons. The average Bonchev–Trinajstić information content (AvgIpc) is 2.81. The van der Waals surface area contributed by atoms with E-state index in [1.807, 2.05) is 36.4 Å². The smallest absolute Gasteiger partial charge is 0.178 e. The predicted octanol–water partition coefficient (Wildman–Crippen LogP) is 3.50. The van der Waals surface area contributed by atoms with Gasteiger partial charge in [0.25, 0.3) is 0 Å². The van der Waals surface area contributed by atoms with Crippen LogP contribution in [0.15, 0.2) is 60.2 Å². The molecule has 0 saturated heterocycles. The van der Waals surface area contributed by atoms with Gasteiger partial charge in [-0.25, -0.2) is 0 Å². The first kappa shape index (κ1) is 12.5. The van der Waals surface area contributed by atoms with E-state index < -0.39 is 0 Å². The fourth-order valence-corrected chi connectivity index (χ4v) is 4.12. The van der Waals surface area contributed by atoms with E-state index in [0.29, 0.717) is 0 Å². The minimum atomic E-state index is -0.370. The molecule has 1 spiro atoms. The van der Waals surface area contributed by atoms with Crippen molar-refractivity contribution in [1.82, 2.24) is 0 Å². The summed E-state index contributed by atoms with van der Waals surface area (Å²) >= 11 is 0. The van der Waals surface area contributed by atoms with Crippen LogP contribution in [-0.2, 0) is 9.59 Å². The van der Waals surface area contributed by atoms with Crippen LogP contribution in [0.5, 0.6) is 0 Å². The Morgan fingerprint density at radius 1 is 1.05 bits per heavy atom. The van der Waals surface area contributed by atoms with Crippen LogP contribution in [-0.4, -0.2) is 11.6 Å². The normalized spacial score (nSPS) is 30.6. The minimum absolute atomic E-state index is 0.0305. The van der Waals surface area contributed by atoms with Gasteiger partial charge in [0.15, 0.2) is 11.6 Å². The van der Waals surface area contributed by atoms with Crippen molar-refractivity contribution in [1.29, 1.82) is 0 Å². The van der Waals surface area contributed by atoms with Crippen LogP contribution in [0.25, 0.3) is 5.57 Å². The first-order valence-corrected chi connectivity index (χ1v) is 7.47. The zero-order chi connectivity index (χ0) is 14.4. The van der Waals surface area contributed by atoms with Crippen LogP contribution in [0.1, 0.15) is 24.8 Å². The molecular formula is C19H16O2. The summed E-state index contributed by atoms with van der Waals surface area (Å²) < 4.78 is 0. The molecule has 1 saturated carbocycles. The first-order valence-electron chi connectivity index (χ1n) is 7.47. The number of carbonyl (C=O) groups is 2. The number of hydrogen-bond acceptors (Lipinski definition) is 2. The van der Waals surface area contributed by atoms with Crippen molar-refractivity contribution in [2.45, 2.75) is 19.3 Å². The van der Waals surface area contributed by atoms with E-state index in [9.17, 15) is 9.59 Å². The number of rotatable bonds is 1. The molecule has 2 heteroatoms. The molecule has 0 N–H and O–H groups in total. The SMILES string of the molecule is O=C1C=C[C@@]23C(=C1)CCC[C@@H]2C(=O)C=C3c1ccccc1. The minimum Gasteiger partial charge on any atom is -0.294 e. The van der Waals surface area contributed by atoms with Gasteiger partial charge in [-0.2, -0.15) is 0 Å². The van der Waals surface area contributed by atoms with Crippen molar-refractivity contribution in [3.05, 3.63) is 65.8 Å². The summed E-state index contributed by atoms with van der Waals surface area (Å²) in [4.78, 5) is 24.3. The summed E-state index contributed by atoms with van der Waals surface area (Å²) in [5.74, 6) is 0.221. The van der Waals surface area contributed by atoms with E-state index in [-0.39, 0.29) is 22.9 Å². The third-order valence-corrected chi connectivity index (χ3v) is 5.01. The molecule has 21 heavy (non-hydrogen) atoms. The molecular weight excluding hydrogens is 260 g/mol. The molecule has 0 aliphatic heterocycles. The molecule has 2 nitrogen and oxygen atoms in total. The van der Waals surface area contributed by atoms with Crippen molar-refractivity contribution < 1.29 is 9.59 Å². The molecule has 2 atom stereocenters. The number of carbonyl (C=O) groups excluding carboxylic acids is 2. The molecule has 3 aliphatic carbocycles. The van der Waals surface area contributed by atoms with Gasteiger partial charge in [-0.1, -0.05) is 42.0 Å². The van der Waals surface area contributed by atoms with Crippen LogP contribution in [0.2, 0.25) is 0 Å². The largest absolute Gasteiger partial charge is 0.294 e. The lowest BCUT2D eigenvalue weighted by atomic mass is 9.59. The van der Waals surface area contributed by atoms with Gasteiger partial charge < -0.3 is 0 Å². The van der Waals surface area contributed by atoms with Gasteiger partial charge in [-0.05, 0) is 48.6 Å². The van der Waals surface area contributed by atoms with Crippen molar-refractivity contribution >= 4 is 17.1 Å². The molecule has 1 aromatic rings. The maximum absolute atomic E-state index is 12.5. The number of ketones is 2. The van der Waals surface area contributed by atoms with Crippen molar-refractivity contribution in [2.75, 3.05) is 0 Å². The molecule has 0 unspecified atom stereocenters. The molecule has 0 amide bonds. The maximum atomic E-state index is 12.5. The highest BCUT2D eigenvalue weighted by atomic mass is 16.1. The number of allylic oxidation sites excluding steroid dienone is 6. The van der Waals surface area contributed by atoms with Crippen molar-refractivity contribution in [3.8, 4) is 0 Å². The van der Waals surface area contributed by atoms with Crippen LogP contribution >= 0.6 is 0 Å². The zero-order valence-electron chi connectivity index (χ0n) is 11.7. The van der Waals surface area contributed by atoms with Gasteiger partial charge in [0.2, 0.25) is 0 Å². The Morgan fingerprint density at radius 3 is 2.67 bits per heavy atom. The Morgan fingerprint density at radius 2 is 1.86 bits per heavy atom. The second kappa shape index (κ2) is 4.39. The van der Waals surface area contributed by atoms with Crippen LogP contribution in [0, 0.1) is 11.3 Å². The van der Waals surface area contributed by atoms with Gasteiger partial charge in [0, 0.05) is 11.3 Å². The topological polar surface area (TPSA) is 34.1 Å². The van der Waals surface area contributed by atoms with Crippen LogP contribution < -0.4 is 0 Å². The van der Waals surface area contributed by atoms with Crippen molar-refractivity contribution in [2.24, 2.45) is 11.3 Å². The summed E-state index contributed by atoms with van der Waals surface area (Å²) in [6.07, 6.45) is 9.98. The van der Waals surface area contributed by atoms with E-state index in [1.165, 1.54) is 0 Å². The summed E-state index contributed by atoms with van der Waals surface area (Å²) in [5.41, 5.74) is 2.89.